The fourth-order valence-electron chi connectivity index (χ4n) is 2.94. The van der Waals surface area contributed by atoms with Crippen molar-refractivity contribution >= 4 is 15.9 Å². The number of rotatable bonds is 8. The quantitative estimate of drug-likeness (QED) is 0.681. The Morgan fingerprint density at radius 2 is 2.15 bits per heavy atom. The van der Waals surface area contributed by atoms with Crippen LogP contribution in [0.25, 0.3) is 0 Å². The Kier molecular flexibility index (Phi) is 7.36. The normalized spacial score (nSPS) is 18.5. The molecule has 1 aromatic carbocycles. The second-order valence-corrected chi connectivity index (χ2v) is 8.04. The van der Waals surface area contributed by atoms with E-state index in [1.54, 1.807) is 7.11 Å². The molecule has 0 radical (unpaired) electrons. The second kappa shape index (κ2) is 9.29. The predicted octanol–water partition coefficient (Wildman–Crippen LogP) is 1.39. The molecule has 0 aromatic heterocycles. The van der Waals surface area contributed by atoms with Gasteiger partial charge in [-0.25, -0.2) is 12.8 Å². The predicted molar refractivity (Wildman–Crippen MR) is 93.9 cm³/mol. The maximum absolute atomic E-state index is 13.6. The van der Waals surface area contributed by atoms with E-state index in [1.807, 2.05) is 0 Å². The Hall–Kier alpha value is -1.71. The van der Waals surface area contributed by atoms with E-state index in [1.165, 1.54) is 17.5 Å². The molecule has 1 aliphatic heterocycles. The highest BCUT2D eigenvalue weighted by molar-refractivity contribution is 7.89. The molecule has 1 atom stereocenters. The van der Waals surface area contributed by atoms with E-state index in [4.69, 9.17) is 9.47 Å². The topological polar surface area (TPSA) is 84.9 Å². The zero-order chi connectivity index (χ0) is 19.2. The lowest BCUT2D eigenvalue weighted by Crippen LogP contribution is -2.45. The van der Waals surface area contributed by atoms with Gasteiger partial charge in [0.1, 0.15) is 16.5 Å². The van der Waals surface area contributed by atoms with E-state index >= 15 is 0 Å². The van der Waals surface area contributed by atoms with Crippen LogP contribution >= 0.6 is 0 Å². The molecule has 1 aromatic rings. The summed E-state index contributed by atoms with van der Waals surface area (Å²) in [5.74, 6) is -1.18. The highest BCUT2D eigenvalue weighted by Gasteiger charge is 2.34. The van der Waals surface area contributed by atoms with Gasteiger partial charge in [0.15, 0.2) is 0 Å². The summed E-state index contributed by atoms with van der Waals surface area (Å²) in [5, 5.41) is 2.81. The van der Waals surface area contributed by atoms with Gasteiger partial charge in [-0.2, -0.15) is 4.31 Å². The molecule has 1 heterocycles. The van der Waals surface area contributed by atoms with Crippen LogP contribution in [0.2, 0.25) is 0 Å². The molecule has 0 bridgehead atoms. The lowest BCUT2D eigenvalue weighted by Gasteiger charge is -2.31. The molecule has 1 fully saturated rings. The van der Waals surface area contributed by atoms with Crippen molar-refractivity contribution in [1.82, 2.24) is 9.62 Å². The number of nitrogens with zero attached hydrogens (tertiary/aromatic N) is 1. The zero-order valence-electron chi connectivity index (χ0n) is 15.0. The van der Waals surface area contributed by atoms with E-state index < -0.39 is 21.8 Å². The average Bonchev–Trinajstić information content (AvgIpc) is 2.65. The van der Waals surface area contributed by atoms with Crippen molar-refractivity contribution in [3.05, 3.63) is 24.0 Å². The summed E-state index contributed by atoms with van der Waals surface area (Å²) in [6.45, 7) is 1.38. The highest BCUT2D eigenvalue weighted by atomic mass is 32.2. The van der Waals surface area contributed by atoms with Gasteiger partial charge in [-0.1, -0.05) is 0 Å². The molecule has 9 heteroatoms. The molecule has 1 N–H and O–H groups in total. The van der Waals surface area contributed by atoms with E-state index in [0.717, 1.165) is 12.1 Å². The summed E-state index contributed by atoms with van der Waals surface area (Å²) < 4.78 is 50.6. The summed E-state index contributed by atoms with van der Waals surface area (Å²) in [6.07, 6.45) is 1.87. The minimum Gasteiger partial charge on any atom is -0.495 e. The minimum absolute atomic E-state index is 0.0676. The lowest BCUT2D eigenvalue weighted by molar-refractivity contribution is -0.126. The highest BCUT2D eigenvalue weighted by Crippen LogP contribution is 2.30. The number of hydrogen-bond acceptors (Lipinski definition) is 5. The molecular formula is C17H25FN2O5S. The number of nitrogens with one attached hydrogen (secondary N) is 1. The van der Waals surface area contributed by atoms with Crippen molar-refractivity contribution in [3.63, 3.8) is 0 Å². The summed E-state index contributed by atoms with van der Waals surface area (Å²) in [6, 6.07) is 3.37. The van der Waals surface area contributed by atoms with E-state index in [2.05, 4.69) is 5.32 Å². The van der Waals surface area contributed by atoms with E-state index in [-0.39, 0.29) is 29.6 Å². The van der Waals surface area contributed by atoms with Gasteiger partial charge in [0.05, 0.1) is 13.0 Å². The SMILES string of the molecule is COCCCNC(=O)C1CCCN(S(=O)(=O)c2cc(F)ccc2OC)C1. The number of benzene rings is 1. The first-order chi connectivity index (χ1) is 12.4. The van der Waals surface area contributed by atoms with Crippen LogP contribution < -0.4 is 10.1 Å². The van der Waals surface area contributed by atoms with Crippen molar-refractivity contribution < 1.29 is 27.1 Å². The van der Waals surface area contributed by atoms with Crippen molar-refractivity contribution in [1.29, 1.82) is 0 Å². The number of carbonyl (C=O) groups excluding carboxylic acids is 1. The molecule has 1 amide bonds. The van der Waals surface area contributed by atoms with Gasteiger partial charge in [-0.3, -0.25) is 4.79 Å². The summed E-state index contributed by atoms with van der Waals surface area (Å²) in [7, 11) is -1.03. The molecule has 1 unspecified atom stereocenters. The molecule has 1 aliphatic rings. The smallest absolute Gasteiger partial charge is 0.246 e. The minimum atomic E-state index is -3.95. The van der Waals surface area contributed by atoms with Crippen LogP contribution in [-0.2, 0) is 19.6 Å². The number of piperidine rings is 1. The molecule has 146 valence electrons. The average molecular weight is 388 g/mol. The Morgan fingerprint density at radius 3 is 2.85 bits per heavy atom. The van der Waals surface area contributed by atoms with Gasteiger partial charge in [-0.05, 0) is 37.5 Å². The number of ether oxygens (including phenoxy) is 2. The van der Waals surface area contributed by atoms with Crippen LogP contribution in [0.1, 0.15) is 19.3 Å². The number of halogens is 1. The first-order valence-corrected chi connectivity index (χ1v) is 9.94. The Bertz CT molecular complexity index is 726. The molecule has 2 rings (SSSR count). The Labute approximate surface area is 153 Å². The first kappa shape index (κ1) is 20.6. The maximum Gasteiger partial charge on any atom is 0.246 e. The first-order valence-electron chi connectivity index (χ1n) is 8.50. The Balaban J connectivity index is 2.10. The number of amides is 1. The Morgan fingerprint density at radius 1 is 1.38 bits per heavy atom. The van der Waals surface area contributed by atoms with Gasteiger partial charge < -0.3 is 14.8 Å². The van der Waals surface area contributed by atoms with Crippen LogP contribution in [0.5, 0.6) is 5.75 Å². The third-order valence-electron chi connectivity index (χ3n) is 4.32. The van der Waals surface area contributed by atoms with Crippen molar-refractivity contribution in [2.75, 3.05) is 40.5 Å². The van der Waals surface area contributed by atoms with Crippen LogP contribution in [0.15, 0.2) is 23.1 Å². The summed E-state index contributed by atoms with van der Waals surface area (Å²) in [4.78, 5) is 12.1. The monoisotopic (exact) mass is 388 g/mol. The van der Waals surface area contributed by atoms with Crippen LogP contribution in [0, 0.1) is 11.7 Å². The van der Waals surface area contributed by atoms with Crippen molar-refractivity contribution in [3.8, 4) is 5.75 Å². The van der Waals surface area contributed by atoms with Gasteiger partial charge in [0.25, 0.3) is 0 Å². The third-order valence-corrected chi connectivity index (χ3v) is 6.21. The van der Waals surface area contributed by atoms with Crippen LogP contribution in [0.4, 0.5) is 4.39 Å². The van der Waals surface area contributed by atoms with Crippen molar-refractivity contribution in [2.45, 2.75) is 24.2 Å². The van der Waals surface area contributed by atoms with Crippen LogP contribution in [0.3, 0.4) is 0 Å². The molecule has 1 saturated heterocycles. The largest absolute Gasteiger partial charge is 0.495 e. The maximum atomic E-state index is 13.6. The zero-order valence-corrected chi connectivity index (χ0v) is 15.9. The number of carbonyl (C=O) groups is 1. The molecule has 0 aliphatic carbocycles. The summed E-state index contributed by atoms with van der Waals surface area (Å²) in [5.41, 5.74) is 0. The molecule has 0 spiro atoms. The summed E-state index contributed by atoms with van der Waals surface area (Å²) >= 11 is 0. The lowest BCUT2D eigenvalue weighted by atomic mass is 9.99. The standard InChI is InChI=1S/C17H25FN2O5S/c1-24-10-4-8-19-17(21)13-5-3-9-20(12-13)26(22,23)16-11-14(18)6-7-15(16)25-2/h6-7,11,13H,3-5,8-10,12H2,1-2H3,(H,19,21). The molecule has 0 saturated carbocycles. The molecular weight excluding hydrogens is 363 g/mol. The van der Waals surface area contributed by atoms with Gasteiger partial charge in [-0.15, -0.1) is 0 Å². The van der Waals surface area contributed by atoms with Crippen molar-refractivity contribution in [2.24, 2.45) is 5.92 Å². The van der Waals surface area contributed by atoms with Gasteiger partial charge >= 0.3 is 0 Å². The van der Waals surface area contributed by atoms with Gasteiger partial charge in [0, 0.05) is 33.4 Å². The fourth-order valence-corrected chi connectivity index (χ4v) is 4.63. The van der Waals surface area contributed by atoms with E-state index in [9.17, 15) is 17.6 Å². The van der Waals surface area contributed by atoms with Gasteiger partial charge in [0.2, 0.25) is 15.9 Å². The number of hydrogen-bond donors (Lipinski definition) is 1. The second-order valence-electron chi connectivity index (χ2n) is 6.13. The molecule has 26 heavy (non-hydrogen) atoms. The number of sulfonamides is 1. The van der Waals surface area contributed by atoms with Crippen LogP contribution in [-0.4, -0.2) is 59.1 Å². The fraction of sp³-hybridized carbons (Fsp3) is 0.588. The number of methoxy groups -OCH3 is 2. The third kappa shape index (κ3) is 4.93. The molecule has 7 nitrogen and oxygen atoms in total. The van der Waals surface area contributed by atoms with E-state index in [0.29, 0.717) is 32.4 Å².